The number of anilines is 1. The lowest BCUT2D eigenvalue weighted by atomic mass is 10.0. The minimum atomic E-state index is -0.309. The first-order chi connectivity index (χ1) is 12.1. The van der Waals surface area contributed by atoms with E-state index in [9.17, 15) is 0 Å². The molecule has 2 heterocycles. The lowest BCUT2D eigenvalue weighted by Crippen LogP contribution is -2.18. The van der Waals surface area contributed by atoms with Crippen LogP contribution in [0.25, 0.3) is 0 Å². The van der Waals surface area contributed by atoms with Crippen molar-refractivity contribution in [1.82, 2.24) is 14.5 Å². The molecule has 0 aliphatic heterocycles. The van der Waals surface area contributed by atoms with Crippen molar-refractivity contribution >= 4 is 17.4 Å². The van der Waals surface area contributed by atoms with Crippen molar-refractivity contribution in [3.05, 3.63) is 70.9 Å². The lowest BCUT2D eigenvalue weighted by Gasteiger charge is -2.21. The molecule has 1 N–H and O–H groups in total. The van der Waals surface area contributed by atoms with Gasteiger partial charge in [-0.1, -0.05) is 29.8 Å². The number of hydrogen-bond acceptors (Lipinski definition) is 5. The van der Waals surface area contributed by atoms with E-state index in [4.69, 9.17) is 21.6 Å². The summed E-state index contributed by atoms with van der Waals surface area (Å²) < 4.78 is 7.42. The number of rotatable bonds is 5. The molecule has 0 saturated carbocycles. The number of ether oxygens (including phenoxy) is 1. The molecular weight excluding hydrogens is 338 g/mol. The standard InChI is InChI=1S/C18H16ClN5O/c1-24-10-9-21-18(24)17(12-5-3-4-6-15(12)25-2)23-16-8-7-13(19)14(11-20)22-16/h3-10,17H,1-2H3,(H,22,23). The fourth-order valence-corrected chi connectivity index (χ4v) is 2.74. The van der Waals surface area contributed by atoms with Crippen molar-refractivity contribution in [1.29, 1.82) is 5.26 Å². The zero-order valence-electron chi connectivity index (χ0n) is 13.8. The normalized spacial score (nSPS) is 11.6. The quantitative estimate of drug-likeness (QED) is 0.759. The number of nitrogens with one attached hydrogen (secondary N) is 1. The van der Waals surface area contributed by atoms with Crippen LogP contribution in [0.2, 0.25) is 5.02 Å². The van der Waals surface area contributed by atoms with Crippen LogP contribution < -0.4 is 10.1 Å². The molecule has 0 aliphatic rings. The van der Waals surface area contributed by atoms with Crippen molar-refractivity contribution in [2.24, 2.45) is 7.05 Å². The number of nitriles is 1. The molecule has 1 aromatic carbocycles. The maximum absolute atomic E-state index is 9.14. The van der Waals surface area contributed by atoms with Gasteiger partial charge in [-0.15, -0.1) is 0 Å². The van der Waals surface area contributed by atoms with Gasteiger partial charge in [0, 0.05) is 25.0 Å². The highest BCUT2D eigenvalue weighted by Crippen LogP contribution is 2.32. The molecule has 0 fully saturated rings. The topological polar surface area (TPSA) is 75.8 Å². The minimum Gasteiger partial charge on any atom is -0.496 e. The molecule has 126 valence electrons. The highest BCUT2D eigenvalue weighted by Gasteiger charge is 2.22. The molecule has 1 atom stereocenters. The van der Waals surface area contributed by atoms with Crippen LogP contribution in [0.3, 0.4) is 0 Å². The third kappa shape index (κ3) is 3.42. The minimum absolute atomic E-state index is 0.172. The van der Waals surface area contributed by atoms with Crippen LogP contribution in [0.15, 0.2) is 48.8 Å². The summed E-state index contributed by atoms with van der Waals surface area (Å²) in [6, 6.07) is 12.8. The van der Waals surface area contributed by atoms with E-state index >= 15 is 0 Å². The van der Waals surface area contributed by atoms with Crippen molar-refractivity contribution in [3.63, 3.8) is 0 Å². The SMILES string of the molecule is COc1ccccc1C(Nc1ccc(Cl)c(C#N)n1)c1nccn1C. The fourth-order valence-electron chi connectivity index (χ4n) is 2.59. The van der Waals surface area contributed by atoms with Crippen LogP contribution in [-0.2, 0) is 7.05 Å². The highest BCUT2D eigenvalue weighted by molar-refractivity contribution is 6.31. The van der Waals surface area contributed by atoms with Crippen LogP contribution in [-0.4, -0.2) is 21.6 Å². The molecule has 0 bridgehead atoms. The maximum atomic E-state index is 9.14. The Hall–Kier alpha value is -3.04. The second-order valence-electron chi connectivity index (χ2n) is 5.35. The van der Waals surface area contributed by atoms with Crippen LogP contribution in [0.5, 0.6) is 5.75 Å². The van der Waals surface area contributed by atoms with Crippen molar-refractivity contribution in [2.75, 3.05) is 12.4 Å². The van der Waals surface area contributed by atoms with E-state index in [1.165, 1.54) is 0 Å². The van der Waals surface area contributed by atoms with Gasteiger partial charge in [-0.2, -0.15) is 5.26 Å². The summed E-state index contributed by atoms with van der Waals surface area (Å²) >= 11 is 5.97. The van der Waals surface area contributed by atoms with E-state index < -0.39 is 0 Å². The Morgan fingerprint density at radius 1 is 1.28 bits per heavy atom. The smallest absolute Gasteiger partial charge is 0.161 e. The number of aromatic nitrogens is 3. The molecule has 7 heteroatoms. The largest absolute Gasteiger partial charge is 0.496 e. The Balaban J connectivity index is 2.07. The van der Waals surface area contributed by atoms with E-state index in [2.05, 4.69) is 15.3 Å². The van der Waals surface area contributed by atoms with Gasteiger partial charge in [-0.25, -0.2) is 9.97 Å². The van der Waals surface area contributed by atoms with E-state index in [-0.39, 0.29) is 11.7 Å². The van der Waals surface area contributed by atoms with Crippen LogP contribution >= 0.6 is 11.6 Å². The Bertz CT molecular complexity index is 931. The van der Waals surface area contributed by atoms with Gasteiger partial charge in [0.1, 0.15) is 29.5 Å². The number of pyridine rings is 1. The number of methoxy groups -OCH3 is 1. The molecule has 0 aliphatic carbocycles. The number of nitrogens with zero attached hydrogens (tertiary/aromatic N) is 4. The Kier molecular flexibility index (Phi) is 4.87. The molecule has 0 amide bonds. The number of imidazole rings is 1. The van der Waals surface area contributed by atoms with Gasteiger partial charge in [0.15, 0.2) is 5.69 Å². The molecule has 6 nitrogen and oxygen atoms in total. The first-order valence-electron chi connectivity index (χ1n) is 7.57. The zero-order chi connectivity index (χ0) is 17.8. The lowest BCUT2D eigenvalue weighted by molar-refractivity contribution is 0.408. The monoisotopic (exact) mass is 353 g/mol. The predicted molar refractivity (Wildman–Crippen MR) is 95.6 cm³/mol. The summed E-state index contributed by atoms with van der Waals surface area (Å²) in [5.74, 6) is 2.05. The third-order valence-electron chi connectivity index (χ3n) is 3.81. The Labute approximate surface area is 150 Å². The molecule has 0 radical (unpaired) electrons. The van der Waals surface area contributed by atoms with Crippen molar-refractivity contribution in [2.45, 2.75) is 6.04 Å². The third-order valence-corrected chi connectivity index (χ3v) is 4.12. The number of halogens is 1. The van der Waals surface area contributed by atoms with Crippen LogP contribution in [0, 0.1) is 11.3 Å². The van der Waals surface area contributed by atoms with E-state index in [0.717, 1.165) is 17.1 Å². The molecule has 25 heavy (non-hydrogen) atoms. The molecule has 0 spiro atoms. The first-order valence-corrected chi connectivity index (χ1v) is 7.95. The molecule has 3 aromatic rings. The van der Waals surface area contributed by atoms with Gasteiger partial charge in [0.25, 0.3) is 0 Å². The first kappa shape index (κ1) is 16.8. The maximum Gasteiger partial charge on any atom is 0.161 e. The van der Waals surface area contributed by atoms with E-state index in [1.54, 1.807) is 25.4 Å². The highest BCUT2D eigenvalue weighted by atomic mass is 35.5. The van der Waals surface area contributed by atoms with Gasteiger partial charge in [-0.3, -0.25) is 0 Å². The van der Waals surface area contributed by atoms with Gasteiger partial charge < -0.3 is 14.6 Å². The molecule has 0 saturated heterocycles. The average molecular weight is 354 g/mol. The van der Waals surface area contributed by atoms with E-state index in [0.29, 0.717) is 10.8 Å². The summed E-state index contributed by atoms with van der Waals surface area (Å²) in [4.78, 5) is 8.72. The average Bonchev–Trinajstić information content (AvgIpc) is 3.06. The zero-order valence-corrected chi connectivity index (χ0v) is 14.5. The van der Waals surface area contributed by atoms with E-state index in [1.807, 2.05) is 48.1 Å². The van der Waals surface area contributed by atoms with Gasteiger partial charge in [-0.05, 0) is 18.2 Å². The molecule has 2 aromatic heterocycles. The summed E-state index contributed by atoms with van der Waals surface area (Å²) in [7, 11) is 3.55. The molecular formula is C18H16ClN5O. The summed E-state index contributed by atoms with van der Waals surface area (Å²) in [5, 5.41) is 12.8. The van der Waals surface area contributed by atoms with Gasteiger partial charge in [0.05, 0.1) is 12.1 Å². The summed E-state index contributed by atoms with van der Waals surface area (Å²) in [6.45, 7) is 0. The van der Waals surface area contributed by atoms with Crippen LogP contribution in [0.1, 0.15) is 23.1 Å². The molecule has 3 rings (SSSR count). The second kappa shape index (κ2) is 7.24. The number of para-hydroxylation sites is 1. The molecule has 1 unspecified atom stereocenters. The van der Waals surface area contributed by atoms with Gasteiger partial charge >= 0.3 is 0 Å². The predicted octanol–water partition coefficient (Wildman–Crippen LogP) is 3.55. The number of hydrogen-bond donors (Lipinski definition) is 1. The summed E-state index contributed by atoms with van der Waals surface area (Å²) in [6.07, 6.45) is 3.60. The second-order valence-corrected chi connectivity index (χ2v) is 5.76. The van der Waals surface area contributed by atoms with Gasteiger partial charge in [0.2, 0.25) is 0 Å². The number of benzene rings is 1. The Morgan fingerprint density at radius 2 is 2.08 bits per heavy atom. The van der Waals surface area contributed by atoms with Crippen molar-refractivity contribution < 1.29 is 4.74 Å². The van der Waals surface area contributed by atoms with Crippen molar-refractivity contribution in [3.8, 4) is 11.8 Å². The number of aryl methyl sites for hydroxylation is 1. The summed E-state index contributed by atoms with van der Waals surface area (Å²) in [5.41, 5.74) is 1.08. The van der Waals surface area contributed by atoms with Crippen LogP contribution in [0.4, 0.5) is 5.82 Å². The Morgan fingerprint density at radius 3 is 2.76 bits per heavy atom. The fraction of sp³-hybridized carbons (Fsp3) is 0.167.